The van der Waals surface area contributed by atoms with Gasteiger partial charge in [0.1, 0.15) is 9.84 Å². The van der Waals surface area contributed by atoms with Gasteiger partial charge in [-0.15, -0.1) is 0 Å². The standard InChI is InChI=1S/C10H19NO4S/c1-8-6-11(7-9(2)15-8)10(12)4-5-16(3,13)14/h8-9H,4-7H2,1-3H3/t8-,9+. The van der Waals surface area contributed by atoms with Crippen LogP contribution in [0.5, 0.6) is 0 Å². The molecule has 16 heavy (non-hydrogen) atoms. The highest BCUT2D eigenvalue weighted by atomic mass is 32.2. The first-order chi connectivity index (χ1) is 7.28. The summed E-state index contributed by atoms with van der Waals surface area (Å²) < 4.78 is 27.4. The maximum atomic E-state index is 11.7. The van der Waals surface area contributed by atoms with Crippen molar-refractivity contribution in [2.75, 3.05) is 25.1 Å². The van der Waals surface area contributed by atoms with Gasteiger partial charge in [-0.2, -0.15) is 0 Å². The van der Waals surface area contributed by atoms with Crippen molar-refractivity contribution in [3.63, 3.8) is 0 Å². The van der Waals surface area contributed by atoms with Gasteiger partial charge in [0, 0.05) is 25.8 Å². The molecule has 1 saturated heterocycles. The Bertz CT molecular complexity index is 342. The molecular formula is C10H19NO4S. The van der Waals surface area contributed by atoms with Crippen molar-refractivity contribution in [1.29, 1.82) is 0 Å². The molecule has 0 unspecified atom stereocenters. The van der Waals surface area contributed by atoms with Crippen LogP contribution < -0.4 is 0 Å². The molecular weight excluding hydrogens is 230 g/mol. The van der Waals surface area contributed by atoms with Crippen molar-refractivity contribution in [2.24, 2.45) is 0 Å². The van der Waals surface area contributed by atoms with Gasteiger partial charge in [0.25, 0.3) is 0 Å². The quantitative estimate of drug-likeness (QED) is 0.709. The van der Waals surface area contributed by atoms with Gasteiger partial charge in [-0.1, -0.05) is 0 Å². The lowest BCUT2D eigenvalue weighted by molar-refractivity contribution is -0.142. The minimum atomic E-state index is -3.06. The normalized spacial score (nSPS) is 26.8. The zero-order valence-corrected chi connectivity index (χ0v) is 10.8. The van der Waals surface area contributed by atoms with Crippen LogP contribution >= 0.6 is 0 Å². The molecule has 1 aliphatic rings. The number of morpholine rings is 1. The van der Waals surface area contributed by atoms with Crippen molar-refractivity contribution in [2.45, 2.75) is 32.5 Å². The third kappa shape index (κ3) is 4.49. The summed E-state index contributed by atoms with van der Waals surface area (Å²) in [6.45, 7) is 4.92. The number of amides is 1. The molecule has 0 radical (unpaired) electrons. The molecule has 0 aromatic heterocycles. The van der Waals surface area contributed by atoms with Gasteiger partial charge in [-0.3, -0.25) is 4.79 Å². The van der Waals surface area contributed by atoms with Crippen LogP contribution in [0.2, 0.25) is 0 Å². The van der Waals surface area contributed by atoms with Crippen molar-refractivity contribution in [3.8, 4) is 0 Å². The van der Waals surface area contributed by atoms with E-state index in [4.69, 9.17) is 4.74 Å². The Morgan fingerprint density at radius 3 is 2.25 bits per heavy atom. The van der Waals surface area contributed by atoms with Crippen LogP contribution in [0, 0.1) is 0 Å². The minimum absolute atomic E-state index is 0.0194. The predicted octanol–water partition coefficient (Wildman–Crippen LogP) is 0.0569. The molecule has 1 rings (SSSR count). The molecule has 0 N–H and O–H groups in total. The minimum Gasteiger partial charge on any atom is -0.372 e. The van der Waals surface area contributed by atoms with Crippen LogP contribution in [0.3, 0.4) is 0 Å². The lowest BCUT2D eigenvalue weighted by atomic mass is 10.2. The van der Waals surface area contributed by atoms with Crippen LogP contribution in [-0.2, 0) is 19.4 Å². The van der Waals surface area contributed by atoms with Gasteiger partial charge in [0.15, 0.2) is 0 Å². The molecule has 94 valence electrons. The summed E-state index contributed by atoms with van der Waals surface area (Å²) in [4.78, 5) is 13.4. The van der Waals surface area contributed by atoms with Gasteiger partial charge in [0.05, 0.1) is 18.0 Å². The summed E-state index contributed by atoms with van der Waals surface area (Å²) in [5, 5.41) is 0. The smallest absolute Gasteiger partial charge is 0.223 e. The monoisotopic (exact) mass is 249 g/mol. The Kier molecular flexibility index (Phi) is 4.32. The first-order valence-corrected chi connectivity index (χ1v) is 7.45. The highest BCUT2D eigenvalue weighted by Gasteiger charge is 2.25. The van der Waals surface area contributed by atoms with E-state index in [1.54, 1.807) is 4.90 Å². The summed E-state index contributed by atoms with van der Waals surface area (Å²) in [7, 11) is -3.06. The van der Waals surface area contributed by atoms with Gasteiger partial charge in [-0.05, 0) is 13.8 Å². The number of carbonyl (C=O) groups excluding carboxylic acids is 1. The van der Waals surface area contributed by atoms with E-state index in [1.807, 2.05) is 13.8 Å². The van der Waals surface area contributed by atoms with Gasteiger partial charge in [-0.25, -0.2) is 8.42 Å². The van der Waals surface area contributed by atoms with Crippen molar-refractivity contribution < 1.29 is 17.9 Å². The first-order valence-electron chi connectivity index (χ1n) is 5.39. The van der Waals surface area contributed by atoms with Crippen LogP contribution in [0.25, 0.3) is 0 Å². The van der Waals surface area contributed by atoms with Gasteiger partial charge in [0.2, 0.25) is 5.91 Å². The van der Waals surface area contributed by atoms with Crippen molar-refractivity contribution in [1.82, 2.24) is 4.90 Å². The highest BCUT2D eigenvalue weighted by Crippen LogP contribution is 2.11. The lowest BCUT2D eigenvalue weighted by Gasteiger charge is -2.35. The second-order valence-corrected chi connectivity index (χ2v) is 6.70. The Hall–Kier alpha value is -0.620. The molecule has 0 aromatic rings. The molecule has 1 aliphatic heterocycles. The van der Waals surface area contributed by atoms with E-state index in [9.17, 15) is 13.2 Å². The van der Waals surface area contributed by atoms with Crippen molar-refractivity contribution >= 4 is 15.7 Å². The molecule has 0 aromatic carbocycles. The Labute approximate surface area is 96.7 Å². The fourth-order valence-electron chi connectivity index (χ4n) is 1.81. The molecule has 1 fully saturated rings. The number of rotatable bonds is 3. The molecule has 1 heterocycles. The number of hydrogen-bond acceptors (Lipinski definition) is 4. The highest BCUT2D eigenvalue weighted by molar-refractivity contribution is 7.90. The molecule has 6 heteroatoms. The topological polar surface area (TPSA) is 63.7 Å². The third-order valence-corrected chi connectivity index (χ3v) is 3.40. The maximum Gasteiger partial charge on any atom is 0.223 e. The number of sulfone groups is 1. The maximum absolute atomic E-state index is 11.7. The Morgan fingerprint density at radius 2 is 1.81 bits per heavy atom. The molecule has 1 amide bonds. The first kappa shape index (κ1) is 13.4. The van der Waals surface area contributed by atoms with E-state index >= 15 is 0 Å². The fourth-order valence-corrected chi connectivity index (χ4v) is 2.36. The van der Waals surface area contributed by atoms with Crippen LogP contribution in [0.15, 0.2) is 0 Å². The van der Waals surface area contributed by atoms with Crippen LogP contribution in [0.1, 0.15) is 20.3 Å². The third-order valence-electron chi connectivity index (χ3n) is 2.46. The Balaban J connectivity index is 2.47. The average molecular weight is 249 g/mol. The molecule has 0 saturated carbocycles. The van der Waals surface area contributed by atoms with Gasteiger partial charge >= 0.3 is 0 Å². The lowest BCUT2D eigenvalue weighted by Crippen LogP contribution is -2.48. The van der Waals surface area contributed by atoms with E-state index < -0.39 is 9.84 Å². The zero-order valence-electron chi connectivity index (χ0n) is 9.97. The van der Waals surface area contributed by atoms with Crippen LogP contribution in [-0.4, -0.2) is 56.5 Å². The summed E-state index contributed by atoms with van der Waals surface area (Å²) in [6, 6.07) is 0. The number of nitrogens with zero attached hydrogens (tertiary/aromatic N) is 1. The summed E-state index contributed by atoms with van der Waals surface area (Å²) >= 11 is 0. The number of ether oxygens (including phenoxy) is 1. The molecule has 0 bridgehead atoms. The Morgan fingerprint density at radius 1 is 1.31 bits per heavy atom. The van der Waals surface area contributed by atoms with E-state index in [0.717, 1.165) is 6.26 Å². The second kappa shape index (κ2) is 5.14. The van der Waals surface area contributed by atoms with Crippen molar-refractivity contribution in [3.05, 3.63) is 0 Å². The van der Waals surface area contributed by atoms with E-state index in [2.05, 4.69) is 0 Å². The molecule has 0 aliphatic carbocycles. The molecule has 2 atom stereocenters. The number of hydrogen-bond donors (Lipinski definition) is 0. The van der Waals surface area contributed by atoms with E-state index in [0.29, 0.717) is 13.1 Å². The van der Waals surface area contributed by atoms with Crippen LogP contribution in [0.4, 0.5) is 0 Å². The predicted molar refractivity (Wildman–Crippen MR) is 60.9 cm³/mol. The largest absolute Gasteiger partial charge is 0.372 e. The molecule has 0 spiro atoms. The summed E-state index contributed by atoms with van der Waals surface area (Å²) in [6.07, 6.45) is 1.25. The average Bonchev–Trinajstić information content (AvgIpc) is 2.11. The second-order valence-electron chi connectivity index (χ2n) is 4.44. The summed E-state index contributed by atoms with van der Waals surface area (Å²) in [5.41, 5.74) is 0. The summed E-state index contributed by atoms with van der Waals surface area (Å²) in [5.74, 6) is -0.182. The zero-order chi connectivity index (χ0) is 12.3. The van der Waals surface area contributed by atoms with Gasteiger partial charge < -0.3 is 9.64 Å². The van der Waals surface area contributed by atoms with E-state index in [1.165, 1.54) is 0 Å². The SMILES string of the molecule is C[C@@H]1CN(C(=O)CCS(C)(=O)=O)C[C@H](C)O1. The fraction of sp³-hybridized carbons (Fsp3) is 0.900. The van der Waals surface area contributed by atoms with E-state index in [-0.39, 0.29) is 30.3 Å². The molecule has 5 nitrogen and oxygen atoms in total. The number of carbonyl (C=O) groups is 1.